The first kappa shape index (κ1) is 10.8. The Morgan fingerprint density at radius 1 is 1.50 bits per heavy atom. The fourth-order valence-corrected chi connectivity index (χ4v) is 1.58. The lowest BCUT2D eigenvalue weighted by Crippen LogP contribution is -2.56. The molecule has 6 heteroatoms. The number of anilines is 1. The summed E-state index contributed by atoms with van der Waals surface area (Å²) in [5, 5.41) is 0. The van der Waals surface area contributed by atoms with E-state index in [1.807, 2.05) is 0 Å². The summed E-state index contributed by atoms with van der Waals surface area (Å²) in [4.78, 5) is 16.1. The molecule has 1 aliphatic rings. The number of amides is 1. The van der Waals surface area contributed by atoms with E-state index in [0.717, 1.165) is 0 Å². The fraction of sp³-hybridized carbons (Fsp3) is 0.400. The third-order valence-corrected chi connectivity index (χ3v) is 2.36. The number of nitrogens with two attached hydrogens (primary N) is 1. The highest BCUT2D eigenvalue weighted by molar-refractivity contribution is 5.76. The number of halogens is 2. The Morgan fingerprint density at radius 3 is 2.62 bits per heavy atom. The molecule has 0 unspecified atom stereocenters. The molecule has 86 valence electrons. The first-order valence-electron chi connectivity index (χ1n) is 4.82. The zero-order valence-electron chi connectivity index (χ0n) is 8.49. The van der Waals surface area contributed by atoms with Crippen LogP contribution in [0.1, 0.15) is 5.56 Å². The van der Waals surface area contributed by atoms with Crippen molar-refractivity contribution in [3.63, 3.8) is 0 Å². The van der Waals surface area contributed by atoms with Gasteiger partial charge in [-0.25, -0.2) is 13.8 Å². The second kappa shape index (κ2) is 3.70. The number of aromatic nitrogens is 1. The largest absolute Gasteiger partial charge is 0.369 e. The van der Waals surface area contributed by atoms with Crippen molar-refractivity contribution in [2.75, 3.05) is 18.0 Å². The summed E-state index contributed by atoms with van der Waals surface area (Å²) in [5.74, 6) is -2.54. The Morgan fingerprint density at radius 2 is 2.19 bits per heavy atom. The van der Waals surface area contributed by atoms with Gasteiger partial charge in [0.1, 0.15) is 5.82 Å². The summed E-state index contributed by atoms with van der Waals surface area (Å²) in [6.45, 7) is -0.593. The van der Waals surface area contributed by atoms with E-state index < -0.39 is 11.8 Å². The number of carbonyl (C=O) groups excluding carboxylic acids is 1. The first-order valence-corrected chi connectivity index (χ1v) is 4.82. The normalized spacial score (nSPS) is 18.0. The minimum absolute atomic E-state index is 0.115. The van der Waals surface area contributed by atoms with E-state index in [0.29, 0.717) is 11.4 Å². The van der Waals surface area contributed by atoms with Crippen molar-refractivity contribution in [3.8, 4) is 0 Å². The Labute approximate surface area is 91.1 Å². The van der Waals surface area contributed by atoms with E-state index in [9.17, 15) is 13.6 Å². The van der Waals surface area contributed by atoms with Crippen molar-refractivity contribution >= 4 is 11.7 Å². The Bertz CT molecular complexity index is 397. The van der Waals surface area contributed by atoms with Crippen LogP contribution in [-0.2, 0) is 11.2 Å². The minimum atomic E-state index is -2.60. The van der Waals surface area contributed by atoms with E-state index in [1.165, 1.54) is 11.1 Å². The second-order valence-electron chi connectivity index (χ2n) is 3.88. The lowest BCUT2D eigenvalue weighted by Gasteiger charge is -2.39. The SMILES string of the molecule is NC(=O)Cc1ccc(N2CC(F)(F)C2)nc1. The first-order chi connectivity index (χ1) is 7.46. The molecule has 2 heterocycles. The molecular weight excluding hydrogens is 216 g/mol. The number of hydrogen-bond donors (Lipinski definition) is 1. The third kappa shape index (κ3) is 2.26. The summed E-state index contributed by atoms with van der Waals surface area (Å²) in [6, 6.07) is 3.29. The summed E-state index contributed by atoms with van der Waals surface area (Å²) in [7, 11) is 0. The van der Waals surface area contributed by atoms with Crippen LogP contribution in [0.15, 0.2) is 18.3 Å². The Hall–Kier alpha value is -1.72. The van der Waals surface area contributed by atoms with Crippen molar-refractivity contribution in [3.05, 3.63) is 23.9 Å². The Kier molecular flexibility index (Phi) is 2.49. The summed E-state index contributed by atoms with van der Waals surface area (Å²) >= 11 is 0. The predicted octanol–water partition coefficient (Wildman–Crippen LogP) is 0.565. The number of carbonyl (C=O) groups is 1. The maximum Gasteiger partial charge on any atom is 0.282 e. The molecule has 0 spiro atoms. The van der Waals surface area contributed by atoms with Crippen molar-refractivity contribution in [1.29, 1.82) is 0 Å². The van der Waals surface area contributed by atoms with Crippen LogP contribution in [0.3, 0.4) is 0 Å². The van der Waals surface area contributed by atoms with E-state index in [2.05, 4.69) is 4.98 Å². The molecule has 1 aromatic rings. The molecule has 0 aromatic carbocycles. The van der Waals surface area contributed by atoms with E-state index in [1.54, 1.807) is 12.1 Å². The zero-order valence-corrected chi connectivity index (χ0v) is 8.49. The smallest absolute Gasteiger partial charge is 0.282 e. The molecule has 1 fully saturated rings. The van der Waals surface area contributed by atoms with Crippen molar-refractivity contribution < 1.29 is 13.6 Å². The molecule has 0 saturated carbocycles. The standard InChI is InChI=1S/C10H11F2N3O/c11-10(12)5-15(6-10)9-2-1-7(4-14-9)3-8(13)16/h1-2,4H,3,5-6H2,(H2,13,16). The van der Waals surface area contributed by atoms with Gasteiger partial charge in [-0.1, -0.05) is 6.07 Å². The molecule has 0 radical (unpaired) electrons. The zero-order chi connectivity index (χ0) is 11.8. The van der Waals surface area contributed by atoms with Gasteiger partial charge in [0.2, 0.25) is 5.91 Å². The van der Waals surface area contributed by atoms with E-state index in [4.69, 9.17) is 5.73 Å². The highest BCUT2D eigenvalue weighted by Gasteiger charge is 2.44. The topological polar surface area (TPSA) is 59.2 Å². The fourth-order valence-electron chi connectivity index (χ4n) is 1.58. The highest BCUT2D eigenvalue weighted by Crippen LogP contribution is 2.30. The molecule has 0 bridgehead atoms. The van der Waals surface area contributed by atoms with E-state index >= 15 is 0 Å². The number of rotatable bonds is 3. The predicted molar refractivity (Wildman–Crippen MR) is 54.3 cm³/mol. The third-order valence-electron chi connectivity index (χ3n) is 2.36. The van der Waals surface area contributed by atoms with Crippen LogP contribution < -0.4 is 10.6 Å². The van der Waals surface area contributed by atoms with Crippen LogP contribution in [0, 0.1) is 0 Å². The van der Waals surface area contributed by atoms with Gasteiger partial charge in [-0.2, -0.15) is 0 Å². The molecule has 4 nitrogen and oxygen atoms in total. The molecule has 1 amide bonds. The van der Waals surface area contributed by atoms with Crippen LogP contribution in [0.25, 0.3) is 0 Å². The molecule has 2 rings (SSSR count). The van der Waals surface area contributed by atoms with Gasteiger partial charge in [0, 0.05) is 6.20 Å². The summed E-state index contributed by atoms with van der Waals surface area (Å²) in [5.41, 5.74) is 5.70. The molecule has 2 N–H and O–H groups in total. The van der Waals surface area contributed by atoms with Gasteiger partial charge in [0.25, 0.3) is 5.92 Å². The molecule has 0 atom stereocenters. The van der Waals surface area contributed by atoms with Crippen molar-refractivity contribution in [2.24, 2.45) is 5.73 Å². The van der Waals surface area contributed by atoms with Gasteiger partial charge < -0.3 is 10.6 Å². The van der Waals surface area contributed by atoms with Crippen molar-refractivity contribution in [1.82, 2.24) is 4.98 Å². The van der Waals surface area contributed by atoms with Crippen LogP contribution >= 0.6 is 0 Å². The monoisotopic (exact) mass is 227 g/mol. The number of nitrogens with zero attached hydrogens (tertiary/aromatic N) is 2. The lowest BCUT2D eigenvalue weighted by molar-refractivity contribution is -0.117. The maximum absolute atomic E-state index is 12.6. The molecule has 16 heavy (non-hydrogen) atoms. The van der Waals surface area contributed by atoms with Gasteiger partial charge in [0.05, 0.1) is 19.5 Å². The number of hydrogen-bond acceptors (Lipinski definition) is 3. The molecule has 1 saturated heterocycles. The van der Waals surface area contributed by atoms with E-state index in [-0.39, 0.29) is 19.5 Å². The lowest BCUT2D eigenvalue weighted by atomic mass is 10.1. The average molecular weight is 227 g/mol. The highest BCUT2D eigenvalue weighted by atomic mass is 19.3. The second-order valence-corrected chi connectivity index (χ2v) is 3.88. The van der Waals surface area contributed by atoms with Crippen LogP contribution in [0.5, 0.6) is 0 Å². The number of primary amides is 1. The van der Waals surface area contributed by atoms with Crippen LogP contribution in [0.2, 0.25) is 0 Å². The average Bonchev–Trinajstić information content (AvgIpc) is 2.14. The summed E-state index contributed by atoms with van der Waals surface area (Å²) < 4.78 is 25.2. The van der Waals surface area contributed by atoms with Crippen molar-refractivity contribution in [2.45, 2.75) is 12.3 Å². The molecular formula is C10H11F2N3O. The Balaban J connectivity index is 2.01. The van der Waals surface area contributed by atoms with Crippen LogP contribution in [0.4, 0.5) is 14.6 Å². The summed E-state index contributed by atoms with van der Waals surface area (Å²) in [6.07, 6.45) is 1.60. The maximum atomic E-state index is 12.6. The van der Waals surface area contributed by atoms with Gasteiger partial charge in [0.15, 0.2) is 0 Å². The molecule has 1 aliphatic heterocycles. The number of pyridine rings is 1. The van der Waals surface area contributed by atoms with Gasteiger partial charge >= 0.3 is 0 Å². The minimum Gasteiger partial charge on any atom is -0.369 e. The molecule has 0 aliphatic carbocycles. The van der Waals surface area contributed by atoms with Crippen LogP contribution in [-0.4, -0.2) is 29.9 Å². The van der Waals surface area contributed by atoms with Gasteiger partial charge in [-0.05, 0) is 11.6 Å². The van der Waals surface area contributed by atoms with Gasteiger partial charge in [-0.15, -0.1) is 0 Å². The van der Waals surface area contributed by atoms with Gasteiger partial charge in [-0.3, -0.25) is 4.79 Å². The molecule has 1 aromatic heterocycles. The quantitative estimate of drug-likeness (QED) is 0.821. The number of alkyl halides is 2.